The maximum Gasteiger partial charge on any atom is 0.126 e. The Labute approximate surface area is 65.4 Å². The van der Waals surface area contributed by atoms with E-state index in [-0.39, 0.29) is 0 Å². The predicted octanol–water partition coefficient (Wildman–Crippen LogP) is 2.68. The van der Waals surface area contributed by atoms with Crippen LogP contribution in [0.15, 0.2) is 28.9 Å². The fourth-order valence-electron chi connectivity index (χ4n) is 0.586. The van der Waals surface area contributed by atoms with Crippen LogP contribution in [-0.2, 0) is 0 Å². The topological polar surface area (TPSA) is 13.1 Å². The monoisotopic (exact) mass is 152 g/mol. The summed E-state index contributed by atoms with van der Waals surface area (Å²) in [6.07, 6.45) is 5.33. The van der Waals surface area contributed by atoms with E-state index in [9.17, 15) is 0 Å². The van der Waals surface area contributed by atoms with E-state index in [4.69, 9.17) is 16.6 Å². The molecule has 1 rings (SSSR count). The Morgan fingerprint density at radius 1 is 1.70 bits per heavy atom. The lowest BCUT2D eigenvalue weighted by atomic mass is 10.3. The van der Waals surface area contributed by atoms with E-state index in [0.29, 0.717) is 0 Å². The van der Waals surface area contributed by atoms with Crippen LogP contribution in [0.1, 0.15) is 12.7 Å². The molecule has 0 N–H and O–H groups in total. The number of allylic oxidation sites excluding steroid dienone is 1. The number of hydrogen-bond donors (Lipinski definition) is 0. The van der Waals surface area contributed by atoms with Gasteiger partial charge in [0, 0.05) is 4.86 Å². The predicted molar refractivity (Wildman–Crippen MR) is 46.0 cm³/mol. The van der Waals surface area contributed by atoms with Crippen molar-refractivity contribution in [3.05, 3.63) is 30.2 Å². The summed E-state index contributed by atoms with van der Waals surface area (Å²) in [5.41, 5.74) is 0. The van der Waals surface area contributed by atoms with E-state index >= 15 is 0 Å². The highest BCUT2D eigenvalue weighted by Gasteiger charge is 1.85. The molecule has 52 valence electrons. The molecule has 0 aliphatic rings. The van der Waals surface area contributed by atoms with Gasteiger partial charge >= 0.3 is 0 Å². The van der Waals surface area contributed by atoms with Gasteiger partial charge in [-0.2, -0.15) is 0 Å². The Morgan fingerprint density at radius 3 is 3.00 bits per heavy atom. The number of rotatable bonds is 2. The van der Waals surface area contributed by atoms with Gasteiger partial charge in [-0.1, -0.05) is 12.2 Å². The maximum atomic E-state index is 5.04. The van der Waals surface area contributed by atoms with E-state index < -0.39 is 0 Å². The summed E-state index contributed by atoms with van der Waals surface area (Å²) in [7, 11) is 0. The quantitative estimate of drug-likeness (QED) is 0.477. The highest BCUT2D eigenvalue weighted by Crippen LogP contribution is 2.01. The Kier molecular flexibility index (Phi) is 2.40. The van der Waals surface area contributed by atoms with Crippen molar-refractivity contribution in [1.82, 2.24) is 0 Å². The van der Waals surface area contributed by atoms with Gasteiger partial charge in [-0.15, -0.1) is 0 Å². The van der Waals surface area contributed by atoms with Crippen LogP contribution in [0.2, 0.25) is 0 Å². The summed E-state index contributed by atoms with van der Waals surface area (Å²) in [6.45, 7) is 1.87. The Bertz CT molecular complexity index is 234. The van der Waals surface area contributed by atoms with Gasteiger partial charge in [0.1, 0.15) is 5.76 Å². The molecule has 0 amide bonds. The molecule has 10 heavy (non-hydrogen) atoms. The Morgan fingerprint density at radius 2 is 2.50 bits per heavy atom. The van der Waals surface area contributed by atoms with Gasteiger partial charge < -0.3 is 4.42 Å². The van der Waals surface area contributed by atoms with Gasteiger partial charge in [-0.05, 0) is 31.2 Å². The van der Waals surface area contributed by atoms with E-state index in [0.717, 1.165) is 10.6 Å². The van der Waals surface area contributed by atoms with Crippen LogP contribution in [0.25, 0.3) is 6.08 Å². The summed E-state index contributed by atoms with van der Waals surface area (Å²) in [4.78, 5) is 0.858. The minimum atomic E-state index is 0.837. The smallest absolute Gasteiger partial charge is 0.126 e. The highest BCUT2D eigenvalue weighted by atomic mass is 32.1. The van der Waals surface area contributed by atoms with E-state index in [1.54, 1.807) is 6.26 Å². The van der Waals surface area contributed by atoms with Gasteiger partial charge in [0.05, 0.1) is 6.26 Å². The van der Waals surface area contributed by atoms with Crippen LogP contribution in [0.4, 0.5) is 0 Å². The standard InChI is InChI=1S/C8H8OS/c1-7(10)4-5-8-3-2-6-9-8/h2-6H,1H3/b5-4+. The first kappa shape index (κ1) is 7.22. The van der Waals surface area contributed by atoms with Crippen LogP contribution in [0.3, 0.4) is 0 Å². The third-order valence-electron chi connectivity index (χ3n) is 1.03. The molecule has 0 radical (unpaired) electrons. The summed E-state index contributed by atoms with van der Waals surface area (Å²) in [5.74, 6) is 0.837. The van der Waals surface area contributed by atoms with E-state index in [2.05, 4.69) is 0 Å². The molecule has 0 atom stereocenters. The third kappa shape index (κ3) is 2.15. The fraction of sp³-hybridized carbons (Fsp3) is 0.125. The van der Waals surface area contributed by atoms with Gasteiger partial charge in [-0.25, -0.2) is 0 Å². The minimum absolute atomic E-state index is 0.837. The molecule has 0 saturated heterocycles. The molecule has 0 aliphatic heterocycles. The zero-order valence-corrected chi connectivity index (χ0v) is 6.52. The summed E-state index contributed by atoms with van der Waals surface area (Å²) in [5, 5.41) is 0. The molecule has 0 saturated carbocycles. The third-order valence-corrected chi connectivity index (χ3v) is 1.16. The average molecular weight is 152 g/mol. The molecular weight excluding hydrogens is 144 g/mol. The van der Waals surface area contributed by atoms with Crippen LogP contribution in [0, 0.1) is 0 Å². The molecule has 0 aliphatic carbocycles. The molecule has 0 aromatic carbocycles. The second-order valence-electron chi connectivity index (χ2n) is 1.96. The first-order valence-electron chi connectivity index (χ1n) is 3.01. The Balaban J connectivity index is 2.64. The zero-order valence-electron chi connectivity index (χ0n) is 5.70. The lowest BCUT2D eigenvalue weighted by Gasteiger charge is -1.81. The maximum absolute atomic E-state index is 5.04. The van der Waals surface area contributed by atoms with E-state index in [1.807, 2.05) is 31.2 Å². The van der Waals surface area contributed by atoms with Crippen molar-refractivity contribution in [2.24, 2.45) is 0 Å². The summed E-state index contributed by atoms with van der Waals surface area (Å²) < 4.78 is 5.04. The SMILES string of the molecule is CC(=S)/C=C/c1ccco1. The normalized spacial score (nSPS) is 10.5. The van der Waals surface area contributed by atoms with Crippen molar-refractivity contribution in [2.45, 2.75) is 6.92 Å². The summed E-state index contributed by atoms with van der Waals surface area (Å²) in [6, 6.07) is 3.73. The first-order valence-corrected chi connectivity index (χ1v) is 3.42. The van der Waals surface area contributed by atoms with Crippen molar-refractivity contribution in [3.8, 4) is 0 Å². The lowest BCUT2D eigenvalue weighted by Crippen LogP contribution is -1.73. The van der Waals surface area contributed by atoms with Crippen molar-refractivity contribution >= 4 is 23.2 Å². The van der Waals surface area contributed by atoms with Crippen LogP contribution in [-0.4, -0.2) is 4.86 Å². The first-order chi connectivity index (χ1) is 4.79. The molecular formula is C8H8OS. The van der Waals surface area contributed by atoms with Gasteiger partial charge in [0.15, 0.2) is 0 Å². The second kappa shape index (κ2) is 3.32. The molecule has 0 bridgehead atoms. The fourth-order valence-corrected chi connectivity index (χ4v) is 0.654. The second-order valence-corrected chi connectivity index (χ2v) is 2.60. The highest BCUT2D eigenvalue weighted by molar-refractivity contribution is 7.80. The Hall–Kier alpha value is -0.890. The van der Waals surface area contributed by atoms with Gasteiger partial charge in [0.2, 0.25) is 0 Å². The minimum Gasteiger partial charge on any atom is -0.465 e. The van der Waals surface area contributed by atoms with Crippen molar-refractivity contribution in [3.63, 3.8) is 0 Å². The molecule has 1 aromatic heterocycles. The van der Waals surface area contributed by atoms with Crippen molar-refractivity contribution in [2.75, 3.05) is 0 Å². The lowest BCUT2D eigenvalue weighted by molar-refractivity contribution is 0.557. The van der Waals surface area contributed by atoms with Crippen molar-refractivity contribution in [1.29, 1.82) is 0 Å². The van der Waals surface area contributed by atoms with Gasteiger partial charge in [0.25, 0.3) is 0 Å². The molecule has 1 heterocycles. The molecule has 1 nitrogen and oxygen atoms in total. The van der Waals surface area contributed by atoms with Crippen LogP contribution >= 0.6 is 12.2 Å². The summed E-state index contributed by atoms with van der Waals surface area (Å²) >= 11 is 4.84. The molecule has 0 unspecified atom stereocenters. The van der Waals surface area contributed by atoms with Crippen LogP contribution < -0.4 is 0 Å². The van der Waals surface area contributed by atoms with Gasteiger partial charge in [-0.3, -0.25) is 0 Å². The number of furan rings is 1. The van der Waals surface area contributed by atoms with E-state index in [1.165, 1.54) is 0 Å². The average Bonchev–Trinajstić information content (AvgIpc) is 2.34. The molecule has 0 fully saturated rings. The van der Waals surface area contributed by atoms with Crippen molar-refractivity contribution < 1.29 is 4.42 Å². The van der Waals surface area contributed by atoms with Crippen LogP contribution in [0.5, 0.6) is 0 Å². The number of hydrogen-bond acceptors (Lipinski definition) is 2. The largest absolute Gasteiger partial charge is 0.465 e. The molecule has 1 aromatic rings. The number of thiocarbonyl (C=S) groups is 1. The molecule has 2 heteroatoms. The molecule has 0 spiro atoms. The zero-order chi connectivity index (χ0) is 7.40.